The van der Waals surface area contributed by atoms with Gasteiger partial charge in [-0.1, -0.05) is 49.4 Å². The molecule has 0 aromatic heterocycles. The van der Waals surface area contributed by atoms with Gasteiger partial charge in [0, 0.05) is 19.5 Å². The summed E-state index contributed by atoms with van der Waals surface area (Å²) >= 11 is 0. The number of aryl methyl sites for hydroxylation is 1. The van der Waals surface area contributed by atoms with Crippen molar-refractivity contribution in [3.63, 3.8) is 0 Å². The van der Waals surface area contributed by atoms with E-state index in [1.54, 1.807) is 4.90 Å². The van der Waals surface area contributed by atoms with E-state index in [1.165, 1.54) is 16.3 Å². The van der Waals surface area contributed by atoms with Crippen LogP contribution in [-0.2, 0) is 16.0 Å². The van der Waals surface area contributed by atoms with E-state index in [0.29, 0.717) is 25.9 Å². The third-order valence-corrected chi connectivity index (χ3v) is 5.03. The summed E-state index contributed by atoms with van der Waals surface area (Å²) in [5.74, 6) is -0.883. The molecule has 4 heteroatoms. The molecule has 1 saturated heterocycles. The second kappa shape index (κ2) is 7.68. The molecule has 0 saturated carbocycles. The molecule has 2 aromatic carbocycles. The van der Waals surface area contributed by atoms with Crippen molar-refractivity contribution in [2.24, 2.45) is 11.8 Å². The van der Waals surface area contributed by atoms with Crippen LogP contribution < -0.4 is 0 Å². The van der Waals surface area contributed by atoms with Crippen LogP contribution in [0, 0.1) is 11.8 Å². The molecule has 3 rings (SSSR count). The van der Waals surface area contributed by atoms with Gasteiger partial charge in [0.05, 0.1) is 5.92 Å². The number of carboxylic acid groups (broad SMARTS) is 1. The molecule has 2 atom stereocenters. The SMILES string of the molecule is CC1CC(C(=O)O)CN(C(=O)CCCc2ccc3ccccc3c2)C1. The highest BCUT2D eigenvalue weighted by molar-refractivity contribution is 5.83. The summed E-state index contributed by atoms with van der Waals surface area (Å²) in [6, 6.07) is 14.7. The summed E-state index contributed by atoms with van der Waals surface area (Å²) in [4.78, 5) is 25.4. The zero-order chi connectivity index (χ0) is 17.8. The first-order valence-corrected chi connectivity index (χ1v) is 9.01. The van der Waals surface area contributed by atoms with Gasteiger partial charge in [-0.25, -0.2) is 0 Å². The van der Waals surface area contributed by atoms with Crippen molar-refractivity contribution in [1.29, 1.82) is 0 Å². The summed E-state index contributed by atoms with van der Waals surface area (Å²) in [7, 11) is 0. The van der Waals surface area contributed by atoms with Crippen molar-refractivity contribution in [3.8, 4) is 0 Å². The van der Waals surface area contributed by atoms with Crippen molar-refractivity contribution >= 4 is 22.6 Å². The Morgan fingerprint density at radius 2 is 1.88 bits per heavy atom. The van der Waals surface area contributed by atoms with Crippen molar-refractivity contribution in [2.75, 3.05) is 13.1 Å². The number of carbonyl (C=O) groups is 2. The number of aliphatic carboxylic acids is 1. The Hall–Kier alpha value is -2.36. The normalized spacial score (nSPS) is 20.6. The first-order valence-electron chi connectivity index (χ1n) is 9.01. The minimum absolute atomic E-state index is 0.0820. The van der Waals surface area contributed by atoms with Gasteiger partial charge in [-0.3, -0.25) is 9.59 Å². The van der Waals surface area contributed by atoms with E-state index in [-0.39, 0.29) is 11.8 Å². The minimum atomic E-state index is -0.791. The number of amides is 1. The smallest absolute Gasteiger partial charge is 0.308 e. The predicted octanol–water partition coefficient (Wildman–Crippen LogP) is 3.73. The van der Waals surface area contributed by atoms with Crippen LogP contribution in [0.3, 0.4) is 0 Å². The van der Waals surface area contributed by atoms with Crippen LogP contribution in [0.2, 0.25) is 0 Å². The van der Waals surface area contributed by atoms with Crippen molar-refractivity contribution in [3.05, 3.63) is 48.0 Å². The number of likely N-dealkylation sites (tertiary alicyclic amines) is 1. The second-order valence-electron chi connectivity index (χ2n) is 7.21. The van der Waals surface area contributed by atoms with Crippen molar-refractivity contribution < 1.29 is 14.7 Å². The maximum Gasteiger partial charge on any atom is 0.308 e. The largest absolute Gasteiger partial charge is 0.481 e. The monoisotopic (exact) mass is 339 g/mol. The lowest BCUT2D eigenvalue weighted by Crippen LogP contribution is -2.45. The molecule has 25 heavy (non-hydrogen) atoms. The van der Waals surface area contributed by atoms with Gasteiger partial charge in [-0.15, -0.1) is 0 Å². The molecule has 0 radical (unpaired) electrons. The zero-order valence-corrected chi connectivity index (χ0v) is 14.6. The molecule has 0 aliphatic carbocycles. The summed E-state index contributed by atoms with van der Waals surface area (Å²) in [6.07, 6.45) is 2.80. The first kappa shape index (κ1) is 17.5. The fraction of sp³-hybridized carbons (Fsp3) is 0.429. The van der Waals surface area contributed by atoms with Crippen LogP contribution in [-0.4, -0.2) is 35.0 Å². The number of hydrogen-bond acceptors (Lipinski definition) is 2. The predicted molar refractivity (Wildman–Crippen MR) is 98.4 cm³/mol. The number of rotatable bonds is 5. The number of benzene rings is 2. The molecule has 1 fully saturated rings. The third kappa shape index (κ3) is 4.38. The van der Waals surface area contributed by atoms with E-state index in [4.69, 9.17) is 0 Å². The standard InChI is InChI=1S/C21H25NO3/c1-15-11-19(21(24)25)14-22(13-15)20(23)8-4-5-16-9-10-17-6-2-3-7-18(17)12-16/h2-3,6-7,9-10,12,15,19H,4-5,8,11,13-14H2,1H3,(H,24,25). The molecular weight excluding hydrogens is 314 g/mol. The van der Waals surface area contributed by atoms with Crippen LogP contribution in [0.4, 0.5) is 0 Å². The van der Waals surface area contributed by atoms with Gasteiger partial charge < -0.3 is 10.0 Å². The molecule has 4 nitrogen and oxygen atoms in total. The van der Waals surface area contributed by atoms with E-state index in [1.807, 2.05) is 19.1 Å². The Bertz CT molecular complexity index is 771. The molecular formula is C21H25NO3. The number of nitrogens with zero attached hydrogens (tertiary/aromatic N) is 1. The Morgan fingerprint density at radius 3 is 2.64 bits per heavy atom. The number of carbonyl (C=O) groups excluding carboxylic acids is 1. The molecule has 132 valence electrons. The number of hydrogen-bond donors (Lipinski definition) is 1. The van der Waals surface area contributed by atoms with Crippen molar-refractivity contribution in [1.82, 2.24) is 4.90 Å². The van der Waals surface area contributed by atoms with Crippen LogP contribution in [0.5, 0.6) is 0 Å². The van der Waals surface area contributed by atoms with Gasteiger partial charge in [-0.05, 0) is 41.5 Å². The average Bonchev–Trinajstić information content (AvgIpc) is 2.61. The molecule has 0 spiro atoms. The topological polar surface area (TPSA) is 57.6 Å². The molecule has 2 aromatic rings. The summed E-state index contributed by atoms with van der Waals surface area (Å²) in [5.41, 5.74) is 1.24. The highest BCUT2D eigenvalue weighted by Crippen LogP contribution is 2.23. The maximum atomic E-state index is 12.4. The second-order valence-corrected chi connectivity index (χ2v) is 7.21. The minimum Gasteiger partial charge on any atom is -0.481 e. The molecule has 0 bridgehead atoms. The lowest BCUT2D eigenvalue weighted by atomic mass is 9.90. The highest BCUT2D eigenvalue weighted by Gasteiger charge is 2.31. The van der Waals surface area contributed by atoms with Crippen LogP contribution in [0.15, 0.2) is 42.5 Å². The Labute approximate surface area is 148 Å². The summed E-state index contributed by atoms with van der Waals surface area (Å²) in [5, 5.41) is 11.7. The van der Waals surface area contributed by atoms with Gasteiger partial charge in [0.15, 0.2) is 0 Å². The van der Waals surface area contributed by atoms with E-state index < -0.39 is 11.9 Å². The average molecular weight is 339 g/mol. The molecule has 1 aliphatic heterocycles. The van der Waals surface area contributed by atoms with E-state index in [0.717, 1.165) is 12.8 Å². The lowest BCUT2D eigenvalue weighted by molar-refractivity contribution is -0.146. The maximum absolute atomic E-state index is 12.4. The van der Waals surface area contributed by atoms with Gasteiger partial charge in [0.1, 0.15) is 0 Å². The molecule has 1 heterocycles. The third-order valence-electron chi connectivity index (χ3n) is 5.03. The summed E-state index contributed by atoms with van der Waals surface area (Å²) in [6.45, 7) is 3.05. The summed E-state index contributed by atoms with van der Waals surface area (Å²) < 4.78 is 0. The number of fused-ring (bicyclic) bond motifs is 1. The highest BCUT2D eigenvalue weighted by atomic mass is 16.4. The first-order chi connectivity index (χ1) is 12.0. The quantitative estimate of drug-likeness (QED) is 0.903. The Balaban J connectivity index is 1.53. The molecule has 2 unspecified atom stereocenters. The molecule has 1 amide bonds. The van der Waals surface area contributed by atoms with Crippen LogP contribution in [0.25, 0.3) is 10.8 Å². The Kier molecular flexibility index (Phi) is 5.37. The number of piperidine rings is 1. The van der Waals surface area contributed by atoms with Gasteiger partial charge in [0.25, 0.3) is 0 Å². The van der Waals surface area contributed by atoms with Crippen molar-refractivity contribution in [2.45, 2.75) is 32.6 Å². The van der Waals surface area contributed by atoms with Gasteiger partial charge in [-0.2, -0.15) is 0 Å². The Morgan fingerprint density at radius 1 is 1.12 bits per heavy atom. The fourth-order valence-electron chi connectivity index (χ4n) is 3.73. The van der Waals surface area contributed by atoms with E-state index in [9.17, 15) is 14.7 Å². The van der Waals surface area contributed by atoms with Crippen LogP contribution in [0.1, 0.15) is 31.7 Å². The van der Waals surface area contributed by atoms with Gasteiger partial charge >= 0.3 is 5.97 Å². The van der Waals surface area contributed by atoms with E-state index in [2.05, 4.69) is 30.3 Å². The molecule has 1 aliphatic rings. The lowest BCUT2D eigenvalue weighted by Gasteiger charge is -2.34. The van der Waals surface area contributed by atoms with Gasteiger partial charge in [0.2, 0.25) is 5.91 Å². The zero-order valence-electron chi connectivity index (χ0n) is 14.6. The van der Waals surface area contributed by atoms with E-state index >= 15 is 0 Å². The van der Waals surface area contributed by atoms with Crippen LogP contribution >= 0.6 is 0 Å². The fourth-order valence-corrected chi connectivity index (χ4v) is 3.73. The molecule has 1 N–H and O–H groups in total. The number of carboxylic acids is 1.